The van der Waals surface area contributed by atoms with Crippen molar-refractivity contribution in [1.29, 1.82) is 0 Å². The SMILES string of the molecule is CC(C)(C)c1ccnc(NC2COC3C(NC(=O)Nc4cccc(C(F)(F)F)c4)COC23)n1. The first kappa shape index (κ1) is 23.2. The summed E-state index contributed by atoms with van der Waals surface area (Å²) >= 11 is 0. The lowest BCUT2D eigenvalue weighted by Gasteiger charge is -2.21. The standard InChI is InChI=1S/C22H26F3N5O3/c1-21(2,3)16-7-8-26-19(30-16)28-14-10-32-18-15(11-33-17(14)18)29-20(31)27-13-6-4-5-12(9-13)22(23,24)25/h4-9,14-15,17-18H,10-11H2,1-3H3,(H,26,28,30)(H2,27,29,31). The van der Waals surface area contributed by atoms with Gasteiger partial charge in [-0.25, -0.2) is 14.8 Å². The van der Waals surface area contributed by atoms with Crippen LogP contribution in [-0.2, 0) is 21.1 Å². The Hall–Kier alpha value is -2.92. The van der Waals surface area contributed by atoms with E-state index in [1.165, 1.54) is 12.1 Å². The highest BCUT2D eigenvalue weighted by Crippen LogP contribution is 2.31. The molecule has 11 heteroatoms. The topological polar surface area (TPSA) is 97.4 Å². The Morgan fingerprint density at radius 2 is 1.76 bits per heavy atom. The minimum atomic E-state index is -4.49. The second-order valence-electron chi connectivity index (χ2n) is 9.15. The zero-order chi connectivity index (χ0) is 23.8. The molecular formula is C22H26F3N5O3. The second-order valence-corrected chi connectivity index (χ2v) is 9.15. The van der Waals surface area contributed by atoms with Crippen LogP contribution in [0.5, 0.6) is 0 Å². The van der Waals surface area contributed by atoms with E-state index in [1.807, 2.05) is 6.07 Å². The fraction of sp³-hybridized carbons (Fsp3) is 0.500. The number of anilines is 2. The van der Waals surface area contributed by atoms with E-state index in [9.17, 15) is 18.0 Å². The van der Waals surface area contributed by atoms with E-state index in [-0.39, 0.29) is 29.9 Å². The average Bonchev–Trinajstić information content (AvgIpc) is 3.31. The Morgan fingerprint density at radius 3 is 2.45 bits per heavy atom. The Bertz CT molecular complexity index is 1010. The van der Waals surface area contributed by atoms with Gasteiger partial charge in [0, 0.05) is 17.3 Å². The number of amides is 2. The lowest BCUT2D eigenvalue weighted by atomic mass is 9.92. The Kier molecular flexibility index (Phi) is 6.19. The number of nitrogens with zero attached hydrogens (tertiary/aromatic N) is 2. The van der Waals surface area contributed by atoms with Crippen LogP contribution < -0.4 is 16.0 Å². The number of hydrogen-bond donors (Lipinski definition) is 3. The monoisotopic (exact) mass is 465 g/mol. The molecule has 4 rings (SSSR count). The molecule has 0 spiro atoms. The van der Waals surface area contributed by atoms with Gasteiger partial charge in [0.2, 0.25) is 5.95 Å². The molecule has 3 heterocycles. The van der Waals surface area contributed by atoms with E-state index >= 15 is 0 Å². The summed E-state index contributed by atoms with van der Waals surface area (Å²) in [6.45, 7) is 6.75. The van der Waals surface area contributed by atoms with Crippen LogP contribution in [0.2, 0.25) is 0 Å². The molecule has 2 aliphatic heterocycles. The van der Waals surface area contributed by atoms with Crippen LogP contribution in [0.25, 0.3) is 0 Å². The van der Waals surface area contributed by atoms with Crippen molar-refractivity contribution in [3.63, 3.8) is 0 Å². The van der Waals surface area contributed by atoms with Gasteiger partial charge in [0.05, 0.1) is 36.6 Å². The van der Waals surface area contributed by atoms with Gasteiger partial charge in [-0.2, -0.15) is 13.2 Å². The molecule has 1 aromatic carbocycles. The van der Waals surface area contributed by atoms with E-state index in [2.05, 4.69) is 46.7 Å². The van der Waals surface area contributed by atoms with Crippen LogP contribution >= 0.6 is 0 Å². The first-order valence-electron chi connectivity index (χ1n) is 10.6. The lowest BCUT2D eigenvalue weighted by molar-refractivity contribution is -0.137. The number of carbonyl (C=O) groups excluding carboxylic acids is 1. The number of urea groups is 1. The molecule has 8 nitrogen and oxygen atoms in total. The minimum Gasteiger partial charge on any atom is -0.371 e. The first-order valence-corrected chi connectivity index (χ1v) is 10.6. The predicted octanol–water partition coefficient (Wildman–Crippen LogP) is 3.56. The molecule has 4 unspecified atom stereocenters. The normalized spacial score (nSPS) is 24.9. The van der Waals surface area contributed by atoms with Crippen molar-refractivity contribution < 1.29 is 27.4 Å². The molecule has 0 aliphatic carbocycles. The number of hydrogen-bond acceptors (Lipinski definition) is 6. The van der Waals surface area contributed by atoms with Crippen molar-refractivity contribution in [3.8, 4) is 0 Å². The number of aromatic nitrogens is 2. The van der Waals surface area contributed by atoms with Gasteiger partial charge in [0.25, 0.3) is 0 Å². The quantitative estimate of drug-likeness (QED) is 0.639. The van der Waals surface area contributed by atoms with E-state index in [4.69, 9.17) is 9.47 Å². The number of fused-ring (bicyclic) bond motifs is 1. The maximum Gasteiger partial charge on any atom is 0.416 e. The number of nitrogens with one attached hydrogen (secondary N) is 3. The van der Waals surface area contributed by atoms with E-state index in [1.54, 1.807) is 6.20 Å². The fourth-order valence-electron chi connectivity index (χ4n) is 3.87. The third kappa shape index (κ3) is 5.36. The maximum atomic E-state index is 12.9. The van der Waals surface area contributed by atoms with Crippen molar-refractivity contribution in [2.75, 3.05) is 23.8 Å². The first-order chi connectivity index (χ1) is 15.5. The summed E-state index contributed by atoms with van der Waals surface area (Å²) in [5, 5.41) is 8.42. The van der Waals surface area contributed by atoms with Crippen LogP contribution in [0.4, 0.5) is 29.6 Å². The Balaban J connectivity index is 1.35. The van der Waals surface area contributed by atoms with Crippen LogP contribution in [0.3, 0.4) is 0 Å². The highest BCUT2D eigenvalue weighted by Gasteiger charge is 2.48. The zero-order valence-corrected chi connectivity index (χ0v) is 18.4. The molecule has 2 aromatic rings. The van der Waals surface area contributed by atoms with Gasteiger partial charge >= 0.3 is 12.2 Å². The third-order valence-corrected chi connectivity index (χ3v) is 5.56. The minimum absolute atomic E-state index is 0.0422. The van der Waals surface area contributed by atoms with Crippen LogP contribution in [0.15, 0.2) is 36.5 Å². The predicted molar refractivity (Wildman–Crippen MR) is 115 cm³/mol. The zero-order valence-electron chi connectivity index (χ0n) is 18.4. The van der Waals surface area contributed by atoms with E-state index in [0.717, 1.165) is 17.8 Å². The van der Waals surface area contributed by atoms with Gasteiger partial charge in [-0.3, -0.25) is 0 Å². The molecule has 2 amide bonds. The molecular weight excluding hydrogens is 439 g/mol. The number of halogens is 3. The molecule has 2 aliphatic rings. The molecule has 4 atom stereocenters. The highest BCUT2D eigenvalue weighted by molar-refractivity contribution is 5.89. The van der Waals surface area contributed by atoms with Gasteiger partial charge in [0.1, 0.15) is 12.2 Å². The summed E-state index contributed by atoms with van der Waals surface area (Å²) in [5.41, 5.74) is -0.0237. The van der Waals surface area contributed by atoms with Crippen molar-refractivity contribution in [2.45, 2.75) is 56.7 Å². The van der Waals surface area contributed by atoms with Crippen LogP contribution in [0, 0.1) is 0 Å². The molecule has 0 saturated carbocycles. The van der Waals surface area contributed by atoms with Gasteiger partial charge in [0.15, 0.2) is 0 Å². The molecule has 2 saturated heterocycles. The van der Waals surface area contributed by atoms with Crippen LogP contribution in [0.1, 0.15) is 32.0 Å². The molecule has 3 N–H and O–H groups in total. The summed E-state index contributed by atoms with van der Waals surface area (Å²) in [7, 11) is 0. The average molecular weight is 465 g/mol. The Morgan fingerprint density at radius 1 is 1.06 bits per heavy atom. The number of alkyl halides is 3. The van der Waals surface area contributed by atoms with Crippen molar-refractivity contribution in [1.82, 2.24) is 15.3 Å². The van der Waals surface area contributed by atoms with Gasteiger partial charge in [-0.05, 0) is 24.3 Å². The molecule has 178 valence electrons. The molecule has 33 heavy (non-hydrogen) atoms. The summed E-state index contributed by atoms with van der Waals surface area (Å²) in [6.07, 6.45) is -3.52. The number of carbonyl (C=O) groups is 1. The van der Waals surface area contributed by atoms with E-state index in [0.29, 0.717) is 12.6 Å². The number of ether oxygens (including phenoxy) is 2. The largest absolute Gasteiger partial charge is 0.416 e. The summed E-state index contributed by atoms with van der Waals surface area (Å²) in [4.78, 5) is 21.2. The molecule has 2 fully saturated rings. The lowest BCUT2D eigenvalue weighted by Crippen LogP contribution is -2.46. The van der Waals surface area contributed by atoms with Gasteiger partial charge < -0.3 is 25.4 Å². The Labute approximate surface area is 189 Å². The molecule has 0 radical (unpaired) electrons. The highest BCUT2D eigenvalue weighted by atomic mass is 19.4. The molecule has 0 bridgehead atoms. The summed E-state index contributed by atoms with van der Waals surface area (Å²) in [5.74, 6) is 0.471. The van der Waals surface area contributed by atoms with Gasteiger partial charge in [-0.1, -0.05) is 26.8 Å². The maximum absolute atomic E-state index is 12.9. The van der Waals surface area contributed by atoms with Gasteiger partial charge in [-0.15, -0.1) is 0 Å². The van der Waals surface area contributed by atoms with Crippen molar-refractivity contribution in [3.05, 3.63) is 47.8 Å². The second kappa shape index (κ2) is 8.79. The number of benzene rings is 1. The smallest absolute Gasteiger partial charge is 0.371 e. The summed E-state index contributed by atoms with van der Waals surface area (Å²) < 4.78 is 50.3. The van der Waals surface area contributed by atoms with Crippen molar-refractivity contribution >= 4 is 17.7 Å². The number of rotatable bonds is 4. The van der Waals surface area contributed by atoms with Crippen molar-refractivity contribution in [2.24, 2.45) is 0 Å². The third-order valence-electron chi connectivity index (χ3n) is 5.56. The summed E-state index contributed by atoms with van der Waals surface area (Å²) in [6, 6.07) is 5.03. The fourth-order valence-corrected chi connectivity index (χ4v) is 3.87. The van der Waals surface area contributed by atoms with E-state index < -0.39 is 29.9 Å². The molecule has 1 aromatic heterocycles. The van der Waals surface area contributed by atoms with Crippen LogP contribution in [-0.4, -0.2) is 53.5 Å².